The Hall–Kier alpha value is -1.07. The molecule has 0 saturated heterocycles. The van der Waals surface area contributed by atoms with Gasteiger partial charge in [-0.15, -0.1) is 0 Å². The zero-order chi connectivity index (χ0) is 17.1. The Kier molecular flexibility index (Phi) is 9.26. The molecule has 4 nitrogen and oxygen atoms in total. The van der Waals surface area contributed by atoms with Gasteiger partial charge in [0.05, 0.1) is 6.26 Å². The number of unbranched alkanes of at least 4 members (excludes halogenated alkanes) is 3. The molecular formula is C18H32N2O2S. The average Bonchev–Trinajstić information content (AvgIpc) is 2.48. The Bertz CT molecular complexity index is 544. The summed E-state index contributed by atoms with van der Waals surface area (Å²) in [5.41, 5.74) is 1.78. The highest BCUT2D eigenvalue weighted by atomic mass is 32.2. The minimum atomic E-state index is -3.21. The van der Waals surface area contributed by atoms with E-state index in [9.17, 15) is 8.42 Å². The zero-order valence-corrected chi connectivity index (χ0v) is 15.6. The highest BCUT2D eigenvalue weighted by Gasteiger charge is 2.06. The van der Waals surface area contributed by atoms with E-state index >= 15 is 0 Å². The fourth-order valence-electron chi connectivity index (χ4n) is 2.69. The molecule has 132 valence electrons. The first-order valence-electron chi connectivity index (χ1n) is 8.74. The summed E-state index contributed by atoms with van der Waals surface area (Å²) < 4.78 is 25.1. The van der Waals surface area contributed by atoms with Crippen LogP contribution in [0.1, 0.15) is 57.9 Å². The van der Waals surface area contributed by atoms with Gasteiger partial charge in [-0.05, 0) is 43.5 Å². The number of hydrogen-bond acceptors (Lipinski definition) is 3. The van der Waals surface area contributed by atoms with Crippen molar-refractivity contribution in [3.8, 4) is 0 Å². The van der Waals surface area contributed by atoms with Gasteiger partial charge in [-0.1, -0.05) is 51.7 Å². The smallest absolute Gasteiger partial charge is 0.229 e. The number of hydrogen-bond donors (Lipinski definition) is 2. The van der Waals surface area contributed by atoms with Gasteiger partial charge in [0, 0.05) is 11.7 Å². The Labute approximate surface area is 142 Å². The van der Waals surface area contributed by atoms with Gasteiger partial charge < -0.3 is 5.32 Å². The lowest BCUT2D eigenvalue weighted by Gasteiger charge is -2.17. The molecule has 1 atom stereocenters. The molecule has 5 heteroatoms. The Morgan fingerprint density at radius 3 is 2.57 bits per heavy atom. The van der Waals surface area contributed by atoms with E-state index in [0.717, 1.165) is 24.9 Å². The minimum Gasteiger partial charge on any atom is -0.314 e. The van der Waals surface area contributed by atoms with Crippen LogP contribution in [0.25, 0.3) is 0 Å². The van der Waals surface area contributed by atoms with Crippen LogP contribution < -0.4 is 10.0 Å². The second-order valence-corrected chi connectivity index (χ2v) is 7.98. The quantitative estimate of drug-likeness (QED) is 0.567. The number of benzene rings is 1. The van der Waals surface area contributed by atoms with Crippen molar-refractivity contribution < 1.29 is 8.42 Å². The van der Waals surface area contributed by atoms with Crippen LogP contribution in [0.4, 0.5) is 5.69 Å². The molecule has 1 unspecified atom stereocenters. The first kappa shape index (κ1) is 20.0. The standard InChI is InChI=1S/C18H32N2O2S/c1-4-6-7-8-11-17(5-2)19-14-13-16-10-9-12-18(15-16)20-23(3,21)22/h9-10,12,15,17,19-20H,4-8,11,13-14H2,1-3H3. The summed E-state index contributed by atoms with van der Waals surface area (Å²) >= 11 is 0. The summed E-state index contributed by atoms with van der Waals surface area (Å²) in [5, 5.41) is 3.62. The number of rotatable bonds is 12. The Balaban J connectivity index is 2.37. The van der Waals surface area contributed by atoms with Gasteiger partial charge in [-0.25, -0.2) is 8.42 Å². The molecular weight excluding hydrogens is 308 g/mol. The number of sulfonamides is 1. The predicted octanol–water partition coefficient (Wildman–Crippen LogP) is 3.94. The van der Waals surface area contributed by atoms with E-state index in [2.05, 4.69) is 23.9 Å². The second kappa shape index (κ2) is 10.7. The van der Waals surface area contributed by atoms with E-state index in [1.807, 2.05) is 18.2 Å². The van der Waals surface area contributed by atoms with E-state index in [0.29, 0.717) is 11.7 Å². The maximum Gasteiger partial charge on any atom is 0.229 e. The van der Waals surface area contributed by atoms with Crippen molar-refractivity contribution in [3.05, 3.63) is 29.8 Å². The van der Waals surface area contributed by atoms with E-state index in [1.165, 1.54) is 38.4 Å². The molecule has 0 saturated carbocycles. The second-order valence-electron chi connectivity index (χ2n) is 6.23. The SMILES string of the molecule is CCCCCCC(CC)NCCc1cccc(NS(C)(=O)=O)c1. The lowest BCUT2D eigenvalue weighted by atomic mass is 10.0. The van der Waals surface area contributed by atoms with Crippen LogP contribution in [0.3, 0.4) is 0 Å². The summed E-state index contributed by atoms with van der Waals surface area (Å²) in [5.74, 6) is 0. The van der Waals surface area contributed by atoms with Crippen LogP contribution in [0.5, 0.6) is 0 Å². The number of anilines is 1. The third kappa shape index (κ3) is 9.61. The maximum absolute atomic E-state index is 11.3. The highest BCUT2D eigenvalue weighted by Crippen LogP contribution is 2.13. The first-order chi connectivity index (χ1) is 10.9. The molecule has 0 amide bonds. The van der Waals surface area contributed by atoms with Crippen molar-refractivity contribution in [2.45, 2.75) is 64.8 Å². The topological polar surface area (TPSA) is 58.2 Å². The molecule has 0 aliphatic carbocycles. The Morgan fingerprint density at radius 2 is 1.91 bits per heavy atom. The summed E-state index contributed by atoms with van der Waals surface area (Å²) in [6, 6.07) is 8.21. The fourth-order valence-corrected chi connectivity index (χ4v) is 3.25. The molecule has 1 rings (SSSR count). The lowest BCUT2D eigenvalue weighted by molar-refractivity contribution is 0.447. The monoisotopic (exact) mass is 340 g/mol. The van der Waals surface area contributed by atoms with E-state index in [4.69, 9.17) is 0 Å². The summed E-state index contributed by atoms with van der Waals surface area (Å²) in [6.45, 7) is 5.39. The van der Waals surface area contributed by atoms with Crippen LogP contribution in [0.15, 0.2) is 24.3 Å². The molecule has 1 aromatic carbocycles. The fraction of sp³-hybridized carbons (Fsp3) is 0.667. The molecule has 0 radical (unpaired) electrons. The molecule has 23 heavy (non-hydrogen) atoms. The van der Waals surface area contributed by atoms with Crippen LogP contribution in [0, 0.1) is 0 Å². The van der Waals surface area contributed by atoms with Crippen molar-refractivity contribution in [2.75, 3.05) is 17.5 Å². The molecule has 0 bridgehead atoms. The molecule has 0 spiro atoms. The van der Waals surface area contributed by atoms with E-state index < -0.39 is 10.0 Å². The van der Waals surface area contributed by atoms with Crippen molar-refractivity contribution in [1.82, 2.24) is 5.32 Å². The van der Waals surface area contributed by atoms with Crippen LogP contribution in [-0.2, 0) is 16.4 Å². The largest absolute Gasteiger partial charge is 0.314 e. The van der Waals surface area contributed by atoms with Crippen LogP contribution >= 0.6 is 0 Å². The van der Waals surface area contributed by atoms with Crippen molar-refractivity contribution >= 4 is 15.7 Å². The molecule has 0 fully saturated rings. The summed E-state index contributed by atoms with van der Waals surface area (Å²) in [6.07, 6.45) is 9.71. The average molecular weight is 341 g/mol. The third-order valence-corrected chi connectivity index (χ3v) is 4.58. The number of nitrogens with one attached hydrogen (secondary N) is 2. The Morgan fingerprint density at radius 1 is 1.13 bits per heavy atom. The molecule has 0 aromatic heterocycles. The van der Waals surface area contributed by atoms with Crippen molar-refractivity contribution in [3.63, 3.8) is 0 Å². The van der Waals surface area contributed by atoms with Gasteiger partial charge in [0.1, 0.15) is 0 Å². The molecule has 0 aliphatic rings. The zero-order valence-electron chi connectivity index (χ0n) is 14.8. The minimum absolute atomic E-state index is 0.587. The third-order valence-electron chi connectivity index (χ3n) is 3.98. The highest BCUT2D eigenvalue weighted by molar-refractivity contribution is 7.92. The molecule has 0 heterocycles. The summed E-state index contributed by atoms with van der Waals surface area (Å²) in [7, 11) is -3.21. The normalized spacial score (nSPS) is 13.0. The van der Waals surface area contributed by atoms with Crippen molar-refractivity contribution in [1.29, 1.82) is 0 Å². The van der Waals surface area contributed by atoms with Gasteiger partial charge in [-0.2, -0.15) is 0 Å². The van der Waals surface area contributed by atoms with Gasteiger partial charge >= 0.3 is 0 Å². The molecule has 1 aromatic rings. The van der Waals surface area contributed by atoms with Gasteiger partial charge in [0.15, 0.2) is 0 Å². The van der Waals surface area contributed by atoms with E-state index in [1.54, 1.807) is 6.07 Å². The first-order valence-corrected chi connectivity index (χ1v) is 10.6. The van der Waals surface area contributed by atoms with Gasteiger partial charge in [-0.3, -0.25) is 4.72 Å². The molecule has 2 N–H and O–H groups in total. The van der Waals surface area contributed by atoms with Gasteiger partial charge in [0.25, 0.3) is 0 Å². The summed E-state index contributed by atoms with van der Waals surface area (Å²) in [4.78, 5) is 0. The predicted molar refractivity (Wildman–Crippen MR) is 99.5 cm³/mol. The van der Waals surface area contributed by atoms with Gasteiger partial charge in [0.2, 0.25) is 10.0 Å². The van der Waals surface area contributed by atoms with Crippen LogP contribution in [-0.4, -0.2) is 27.3 Å². The lowest BCUT2D eigenvalue weighted by Crippen LogP contribution is -2.30. The van der Waals surface area contributed by atoms with Crippen LogP contribution in [0.2, 0.25) is 0 Å². The maximum atomic E-state index is 11.3. The molecule has 0 aliphatic heterocycles. The van der Waals surface area contributed by atoms with E-state index in [-0.39, 0.29) is 0 Å². The van der Waals surface area contributed by atoms with Crippen molar-refractivity contribution in [2.24, 2.45) is 0 Å².